The van der Waals surface area contributed by atoms with Crippen LogP contribution in [0.4, 0.5) is 4.39 Å². The van der Waals surface area contributed by atoms with Gasteiger partial charge in [-0.05, 0) is 16.7 Å². The summed E-state index contributed by atoms with van der Waals surface area (Å²) in [4.78, 5) is 0. The Bertz CT molecular complexity index is 312. The summed E-state index contributed by atoms with van der Waals surface area (Å²) in [6.45, 7) is 3.23. The lowest BCUT2D eigenvalue weighted by Gasteiger charge is -1.86. The van der Waals surface area contributed by atoms with E-state index in [0.29, 0.717) is 0 Å². The fourth-order valence-corrected chi connectivity index (χ4v) is 1.43. The molecule has 0 radical (unpaired) electrons. The van der Waals surface area contributed by atoms with E-state index in [-0.39, 0.29) is 5.30 Å². The van der Waals surface area contributed by atoms with Crippen molar-refractivity contribution in [1.82, 2.24) is 0 Å². The van der Waals surface area contributed by atoms with Crippen molar-refractivity contribution in [1.29, 1.82) is 0 Å². The van der Waals surface area contributed by atoms with Crippen LogP contribution < -0.4 is 5.30 Å². The summed E-state index contributed by atoms with van der Waals surface area (Å²) < 4.78 is 28.5. The summed E-state index contributed by atoms with van der Waals surface area (Å²) in [5.41, 5.74) is 0. The molecule has 0 aromatic heterocycles. The van der Waals surface area contributed by atoms with E-state index >= 15 is 0 Å². The molecule has 0 N–H and O–H groups in total. The van der Waals surface area contributed by atoms with Crippen LogP contribution in [0.2, 0.25) is 0 Å². The minimum Gasteiger partial charge on any atom is -0.259 e. The first-order valence-corrected chi connectivity index (χ1v) is 4.43. The number of halogens is 1. The van der Waals surface area contributed by atoms with Gasteiger partial charge in [0.15, 0.2) is 5.82 Å². The second kappa shape index (κ2) is 3.98. The van der Waals surface area contributed by atoms with Gasteiger partial charge in [0.05, 0.1) is 0 Å². The molecule has 0 spiro atoms. The van der Waals surface area contributed by atoms with Crippen LogP contribution in [0.1, 0.15) is 0 Å². The third kappa shape index (κ3) is 1.89. The van der Waals surface area contributed by atoms with Gasteiger partial charge in [0, 0.05) is 0 Å². The monoisotopic (exact) mass is 185 g/mol. The fourth-order valence-electron chi connectivity index (χ4n) is 0.724. The first-order valence-electron chi connectivity index (χ1n) is 3.25. The average molecular weight is 185 g/mol. The minimum absolute atomic E-state index is 0.0624. The second-order valence-corrected chi connectivity index (χ2v) is 3.19. The van der Waals surface area contributed by atoms with E-state index in [4.69, 9.17) is 0 Å². The molecule has 0 heterocycles. The van der Waals surface area contributed by atoms with Gasteiger partial charge in [0.25, 0.3) is 5.30 Å². The van der Waals surface area contributed by atoms with Crippen molar-refractivity contribution in [3.63, 3.8) is 0 Å². The molecule has 0 amide bonds. The van der Waals surface area contributed by atoms with Crippen LogP contribution in [-0.2, 0) is 9.09 Å². The Hall–Kier alpha value is -1.21. The Morgan fingerprint density at radius 1 is 1.50 bits per heavy atom. The molecule has 1 atom stereocenters. The van der Waals surface area contributed by atoms with Crippen molar-refractivity contribution < 1.29 is 13.5 Å². The molecule has 1 aromatic rings. The molecule has 0 bridgehead atoms. The number of hydrogen-bond donors (Lipinski definition) is 0. The van der Waals surface area contributed by atoms with Gasteiger partial charge in [-0.1, -0.05) is 18.7 Å². The highest BCUT2D eigenvalue weighted by molar-refractivity contribution is 7.48. The van der Waals surface area contributed by atoms with E-state index in [9.17, 15) is 8.96 Å². The van der Waals surface area contributed by atoms with Crippen molar-refractivity contribution in [2.45, 2.75) is 0 Å². The molecule has 0 aliphatic rings. The van der Waals surface area contributed by atoms with Crippen LogP contribution in [0, 0.1) is 5.82 Å². The molecule has 1 aromatic carbocycles. The molecule has 2 nitrogen and oxygen atoms in total. The summed E-state index contributed by atoms with van der Waals surface area (Å²) in [6, 6.07) is 5.76. The maximum Gasteiger partial charge on any atom is 0.599 e. The summed E-state index contributed by atoms with van der Waals surface area (Å²) in [7, 11) is -2.14. The number of benzene rings is 1. The van der Waals surface area contributed by atoms with Crippen LogP contribution in [-0.4, -0.2) is 0 Å². The van der Waals surface area contributed by atoms with Gasteiger partial charge >= 0.3 is 8.03 Å². The molecule has 62 valence electrons. The van der Waals surface area contributed by atoms with Crippen molar-refractivity contribution >= 4 is 13.3 Å². The van der Waals surface area contributed by atoms with Gasteiger partial charge in [-0.2, -0.15) is 0 Å². The Labute approximate surface area is 70.5 Å². The van der Waals surface area contributed by atoms with Crippen LogP contribution >= 0.6 is 8.03 Å². The maximum absolute atomic E-state index is 12.9. The van der Waals surface area contributed by atoms with E-state index in [2.05, 4.69) is 11.1 Å². The first-order chi connectivity index (χ1) is 5.75. The Morgan fingerprint density at radius 2 is 2.17 bits per heavy atom. The van der Waals surface area contributed by atoms with Gasteiger partial charge < -0.3 is 0 Å². The highest BCUT2D eigenvalue weighted by Crippen LogP contribution is 2.22. The molecule has 4 heteroatoms. The zero-order valence-electron chi connectivity index (χ0n) is 6.24. The predicted molar refractivity (Wildman–Crippen MR) is 44.9 cm³/mol. The molecule has 1 unspecified atom stereocenters. The normalized spacial score (nSPS) is 10.6. The molecule has 0 fully saturated rings. The first kappa shape index (κ1) is 8.88. The lowest BCUT2D eigenvalue weighted by atomic mass is 10.3. The fraction of sp³-hybridized carbons (Fsp3) is 0. The molecule has 0 aliphatic carbocycles. The lowest BCUT2D eigenvalue weighted by Crippen LogP contribution is -2.01. The van der Waals surface area contributed by atoms with Crippen LogP contribution in [0.5, 0.6) is 0 Å². The standard InChI is InChI=1S/C8H7FO2P/c1-2-11-12(10)8-6-4-3-5-7(8)9/h2-6H,1H2/q+1. The smallest absolute Gasteiger partial charge is 0.259 e. The lowest BCUT2D eigenvalue weighted by molar-refractivity contribution is 0.472. The minimum atomic E-state index is -2.14. The SMILES string of the molecule is C=CO[P+](=O)c1ccccc1F. The Morgan fingerprint density at radius 3 is 2.75 bits per heavy atom. The third-order valence-electron chi connectivity index (χ3n) is 1.22. The summed E-state index contributed by atoms with van der Waals surface area (Å²) >= 11 is 0. The van der Waals surface area contributed by atoms with Gasteiger partial charge in [-0.25, -0.2) is 4.39 Å². The van der Waals surface area contributed by atoms with E-state index in [1.165, 1.54) is 18.2 Å². The molecular formula is C8H7FO2P+. The van der Waals surface area contributed by atoms with Crippen molar-refractivity contribution in [3.05, 3.63) is 42.9 Å². The van der Waals surface area contributed by atoms with Crippen molar-refractivity contribution in [2.75, 3.05) is 0 Å². The van der Waals surface area contributed by atoms with Crippen LogP contribution in [0.15, 0.2) is 37.1 Å². The third-order valence-corrected chi connectivity index (χ3v) is 2.32. The molecule has 12 heavy (non-hydrogen) atoms. The maximum atomic E-state index is 12.9. The van der Waals surface area contributed by atoms with E-state index in [1.54, 1.807) is 6.07 Å². The molecule has 0 aliphatic heterocycles. The van der Waals surface area contributed by atoms with Gasteiger partial charge in [-0.15, -0.1) is 0 Å². The number of hydrogen-bond acceptors (Lipinski definition) is 2. The molecular weight excluding hydrogens is 178 g/mol. The summed E-state index contributed by atoms with van der Waals surface area (Å²) in [5.74, 6) is -0.527. The van der Waals surface area contributed by atoms with Crippen molar-refractivity contribution in [3.8, 4) is 0 Å². The van der Waals surface area contributed by atoms with Gasteiger partial charge in [-0.3, -0.25) is 4.52 Å². The Kier molecular flexibility index (Phi) is 2.94. The van der Waals surface area contributed by atoms with Crippen LogP contribution in [0.3, 0.4) is 0 Å². The van der Waals surface area contributed by atoms with Crippen LogP contribution in [0.25, 0.3) is 0 Å². The largest absolute Gasteiger partial charge is 0.599 e. The van der Waals surface area contributed by atoms with E-state index in [0.717, 1.165) is 6.26 Å². The van der Waals surface area contributed by atoms with E-state index in [1.807, 2.05) is 0 Å². The highest BCUT2D eigenvalue weighted by atomic mass is 31.1. The van der Waals surface area contributed by atoms with Gasteiger partial charge in [0.1, 0.15) is 6.26 Å². The molecule has 0 saturated carbocycles. The van der Waals surface area contributed by atoms with E-state index < -0.39 is 13.8 Å². The zero-order chi connectivity index (χ0) is 8.97. The predicted octanol–water partition coefficient (Wildman–Crippen LogP) is 2.35. The molecule has 1 rings (SSSR count). The quantitative estimate of drug-likeness (QED) is 0.533. The highest BCUT2D eigenvalue weighted by Gasteiger charge is 2.25. The summed E-state index contributed by atoms with van der Waals surface area (Å²) in [5, 5.41) is 0.0624. The summed E-state index contributed by atoms with van der Waals surface area (Å²) in [6.07, 6.45) is 1.03. The second-order valence-electron chi connectivity index (χ2n) is 1.98. The Balaban J connectivity index is 2.94. The average Bonchev–Trinajstić information content (AvgIpc) is 2.05. The van der Waals surface area contributed by atoms with Crippen molar-refractivity contribution in [2.24, 2.45) is 0 Å². The topological polar surface area (TPSA) is 26.3 Å². The van der Waals surface area contributed by atoms with Gasteiger partial charge in [0.2, 0.25) is 0 Å². The number of rotatable bonds is 3. The molecule has 0 saturated heterocycles. The zero-order valence-corrected chi connectivity index (χ0v) is 7.13.